The molecule has 32 heavy (non-hydrogen) atoms. The molecule has 3 atom stereocenters. The van der Waals surface area contributed by atoms with Crippen LogP contribution in [0.2, 0.25) is 0 Å². The van der Waals surface area contributed by atoms with Crippen LogP contribution in [0.5, 0.6) is 11.5 Å². The molecule has 0 spiro atoms. The van der Waals surface area contributed by atoms with Gasteiger partial charge in [-0.1, -0.05) is 62.4 Å². The maximum Gasteiger partial charge on any atom is 0.311 e. The molecule has 0 N–H and O–H groups in total. The summed E-state index contributed by atoms with van der Waals surface area (Å²) in [5.41, 5.74) is 1.14. The molecule has 0 heterocycles. The Kier molecular flexibility index (Phi) is 6.04. The molecule has 160 valence electrons. The zero-order chi connectivity index (χ0) is 22.6. The van der Waals surface area contributed by atoms with Gasteiger partial charge in [0.1, 0.15) is 17.6 Å². The van der Waals surface area contributed by atoms with Crippen molar-refractivity contribution in [2.45, 2.75) is 20.0 Å². The predicted octanol–water partition coefficient (Wildman–Crippen LogP) is 6.26. The van der Waals surface area contributed by atoms with Crippen molar-refractivity contribution in [2.24, 2.45) is 22.2 Å². The van der Waals surface area contributed by atoms with Crippen LogP contribution < -0.4 is 4.74 Å². The Morgan fingerprint density at radius 3 is 2.34 bits per heavy atom. The molecule has 0 aliphatic heterocycles. The van der Waals surface area contributed by atoms with E-state index in [0.717, 1.165) is 5.69 Å². The van der Waals surface area contributed by atoms with Crippen LogP contribution in [0.4, 0.5) is 5.69 Å². The highest BCUT2D eigenvalue weighted by Crippen LogP contribution is 2.58. The number of carbonyl (C=O) groups is 1. The highest BCUT2D eigenvalue weighted by molar-refractivity contribution is 5.86. The van der Waals surface area contributed by atoms with E-state index >= 15 is 0 Å². The van der Waals surface area contributed by atoms with Gasteiger partial charge < -0.3 is 9.47 Å². The second-order valence-electron chi connectivity index (χ2n) is 8.37. The van der Waals surface area contributed by atoms with Gasteiger partial charge in [-0.05, 0) is 41.8 Å². The van der Waals surface area contributed by atoms with Gasteiger partial charge >= 0.3 is 5.97 Å². The lowest BCUT2D eigenvalue weighted by atomic mass is 10.1. The van der Waals surface area contributed by atoms with Crippen molar-refractivity contribution < 1.29 is 14.3 Å². The molecule has 0 bridgehead atoms. The molecule has 1 aliphatic rings. The van der Waals surface area contributed by atoms with Crippen molar-refractivity contribution in [1.82, 2.24) is 0 Å². The fourth-order valence-corrected chi connectivity index (χ4v) is 3.81. The van der Waals surface area contributed by atoms with E-state index in [9.17, 15) is 10.1 Å². The highest BCUT2D eigenvalue weighted by atomic mass is 16.5. The minimum Gasteiger partial charge on any atom is -0.457 e. The number of rotatable bonds is 7. The first kappa shape index (κ1) is 21.3. The number of ether oxygens (including phenoxy) is 2. The molecule has 3 aromatic carbocycles. The van der Waals surface area contributed by atoms with E-state index in [1.54, 1.807) is 24.3 Å². The Bertz CT molecular complexity index is 1150. The summed E-state index contributed by atoms with van der Waals surface area (Å²) in [4.78, 5) is 17.4. The minimum atomic E-state index is -1.01. The average Bonchev–Trinajstić information content (AvgIpc) is 3.37. The van der Waals surface area contributed by atoms with Crippen LogP contribution in [0.3, 0.4) is 0 Å². The second kappa shape index (κ2) is 9.07. The van der Waals surface area contributed by atoms with Crippen molar-refractivity contribution in [3.05, 3.63) is 90.5 Å². The summed E-state index contributed by atoms with van der Waals surface area (Å²) in [5, 5.41) is 9.66. The third kappa shape index (κ3) is 4.70. The summed E-state index contributed by atoms with van der Waals surface area (Å²) in [6.07, 6.45) is 0.807. The first-order valence-corrected chi connectivity index (χ1v) is 10.5. The molecule has 3 unspecified atom stereocenters. The number of carbonyl (C=O) groups excluding carboxylic acids is 1. The summed E-state index contributed by atoms with van der Waals surface area (Å²) in [5.74, 6) is 0.498. The van der Waals surface area contributed by atoms with Gasteiger partial charge in [0, 0.05) is 17.7 Å². The quantitative estimate of drug-likeness (QED) is 0.331. The smallest absolute Gasteiger partial charge is 0.311 e. The van der Waals surface area contributed by atoms with E-state index in [-0.39, 0.29) is 23.2 Å². The van der Waals surface area contributed by atoms with Gasteiger partial charge in [0.2, 0.25) is 6.10 Å². The third-order valence-corrected chi connectivity index (χ3v) is 5.80. The minimum absolute atomic E-state index is 0.0395. The van der Waals surface area contributed by atoms with E-state index < -0.39 is 6.10 Å². The van der Waals surface area contributed by atoms with Gasteiger partial charge in [-0.25, -0.2) is 0 Å². The summed E-state index contributed by atoms with van der Waals surface area (Å²) in [6, 6.07) is 28.1. The van der Waals surface area contributed by atoms with E-state index in [0.29, 0.717) is 17.1 Å². The molecule has 0 amide bonds. The van der Waals surface area contributed by atoms with E-state index in [4.69, 9.17) is 9.47 Å². The number of nitriles is 1. The van der Waals surface area contributed by atoms with Crippen LogP contribution in [-0.4, -0.2) is 12.2 Å². The monoisotopic (exact) mass is 424 g/mol. The third-order valence-electron chi connectivity index (χ3n) is 5.80. The fourth-order valence-electron chi connectivity index (χ4n) is 3.81. The van der Waals surface area contributed by atoms with E-state index in [1.165, 1.54) is 0 Å². The Balaban J connectivity index is 1.43. The second-order valence-corrected chi connectivity index (χ2v) is 8.37. The molecule has 1 fully saturated rings. The molecular formula is C27H24N2O3. The van der Waals surface area contributed by atoms with Crippen molar-refractivity contribution in [1.29, 1.82) is 5.26 Å². The van der Waals surface area contributed by atoms with Crippen molar-refractivity contribution in [2.75, 3.05) is 0 Å². The maximum atomic E-state index is 12.9. The topological polar surface area (TPSA) is 71.7 Å². The lowest BCUT2D eigenvalue weighted by molar-refractivity contribution is -0.149. The average molecular weight is 425 g/mol. The van der Waals surface area contributed by atoms with Crippen LogP contribution in [0.15, 0.2) is 89.9 Å². The number of hydrogen-bond donors (Lipinski definition) is 0. The number of para-hydroxylation sites is 2. The SMILES string of the molecule is CC1(C)C(C=Nc2ccccc2)C1C(=O)OC(C#N)c1cccc(Oc2ccccc2)c1. The van der Waals surface area contributed by atoms with Gasteiger partial charge in [0.05, 0.1) is 11.6 Å². The van der Waals surface area contributed by atoms with Gasteiger partial charge in [-0.15, -0.1) is 0 Å². The molecule has 5 heteroatoms. The maximum absolute atomic E-state index is 12.9. The molecule has 0 aromatic heterocycles. The first-order valence-electron chi connectivity index (χ1n) is 10.5. The summed E-state index contributed by atoms with van der Waals surface area (Å²) < 4.78 is 11.5. The molecule has 0 radical (unpaired) electrons. The van der Waals surface area contributed by atoms with Crippen molar-refractivity contribution >= 4 is 17.9 Å². The molecule has 0 saturated heterocycles. The number of esters is 1. The summed E-state index contributed by atoms with van der Waals surface area (Å²) in [7, 11) is 0. The highest BCUT2D eigenvalue weighted by Gasteiger charge is 2.62. The Morgan fingerprint density at radius 2 is 1.66 bits per heavy atom. The van der Waals surface area contributed by atoms with Crippen molar-refractivity contribution in [3.8, 4) is 17.6 Å². The molecule has 1 saturated carbocycles. The standard InChI is InChI=1S/C27H24N2O3/c1-27(2)23(18-29-20-11-5-3-6-12-20)25(27)26(30)32-24(17-28)19-10-9-15-22(16-19)31-21-13-7-4-8-14-21/h3-16,18,23-25H,1-2H3. The van der Waals surface area contributed by atoms with Crippen LogP contribution >= 0.6 is 0 Å². The first-order chi connectivity index (χ1) is 15.5. The van der Waals surface area contributed by atoms with Gasteiger partial charge in [-0.2, -0.15) is 5.26 Å². The normalized spacial score (nSPS) is 19.7. The van der Waals surface area contributed by atoms with E-state index in [2.05, 4.69) is 11.1 Å². The van der Waals surface area contributed by atoms with Gasteiger partial charge in [-0.3, -0.25) is 9.79 Å². The zero-order valence-electron chi connectivity index (χ0n) is 18.0. The zero-order valence-corrected chi connectivity index (χ0v) is 18.0. The lowest BCUT2D eigenvalue weighted by Crippen LogP contribution is -2.14. The number of nitrogens with zero attached hydrogens (tertiary/aromatic N) is 2. The molecule has 3 aromatic rings. The summed E-state index contributed by atoms with van der Waals surface area (Å²) in [6.45, 7) is 4.02. The number of hydrogen-bond acceptors (Lipinski definition) is 5. The molecular weight excluding hydrogens is 400 g/mol. The predicted molar refractivity (Wildman–Crippen MR) is 123 cm³/mol. The summed E-state index contributed by atoms with van der Waals surface area (Å²) >= 11 is 0. The van der Waals surface area contributed by atoms with Crippen LogP contribution in [0.1, 0.15) is 25.5 Å². The van der Waals surface area contributed by atoms with Gasteiger partial charge in [0.15, 0.2) is 0 Å². The molecule has 1 aliphatic carbocycles. The Hall–Kier alpha value is -3.91. The van der Waals surface area contributed by atoms with E-state index in [1.807, 2.05) is 80.7 Å². The lowest BCUT2D eigenvalue weighted by Gasteiger charge is -2.13. The van der Waals surface area contributed by atoms with Crippen LogP contribution in [0, 0.1) is 28.6 Å². The van der Waals surface area contributed by atoms with Crippen LogP contribution in [-0.2, 0) is 9.53 Å². The molecule has 5 nitrogen and oxygen atoms in total. The van der Waals surface area contributed by atoms with Crippen LogP contribution in [0.25, 0.3) is 0 Å². The van der Waals surface area contributed by atoms with Gasteiger partial charge in [0.25, 0.3) is 0 Å². The fraction of sp³-hybridized carbons (Fsp3) is 0.222. The number of benzene rings is 3. The largest absolute Gasteiger partial charge is 0.457 e. The number of aliphatic imine (C=N–C) groups is 1. The molecule has 4 rings (SSSR count). The van der Waals surface area contributed by atoms with Crippen molar-refractivity contribution in [3.63, 3.8) is 0 Å². The Labute approximate surface area is 188 Å². The Morgan fingerprint density at radius 1 is 1.00 bits per heavy atom.